The van der Waals surface area contributed by atoms with E-state index >= 15 is 0 Å². The van der Waals surface area contributed by atoms with E-state index in [2.05, 4.69) is 4.98 Å². The lowest BCUT2D eigenvalue weighted by atomic mass is 10.1. The van der Waals surface area contributed by atoms with Crippen LogP contribution in [0.4, 0.5) is 0 Å². The number of rotatable bonds is 3. The molecule has 5 heteroatoms. The first-order valence-corrected chi connectivity index (χ1v) is 5.82. The van der Waals surface area contributed by atoms with Gasteiger partial charge in [0.25, 0.3) is 0 Å². The molecule has 17 heavy (non-hydrogen) atoms. The molecule has 0 aromatic carbocycles. The Kier molecular flexibility index (Phi) is 3.30. The monoisotopic (exact) mass is 250 g/mol. The molecule has 1 saturated carbocycles. The molecule has 1 aromatic heterocycles. The van der Waals surface area contributed by atoms with Crippen molar-refractivity contribution >= 4 is 17.6 Å². The molecule has 0 amide bonds. The van der Waals surface area contributed by atoms with Crippen molar-refractivity contribution in [1.82, 2.24) is 4.98 Å². The van der Waals surface area contributed by atoms with E-state index in [-0.39, 0.29) is 22.9 Å². The number of carbonyl (C=O) groups is 1. The SMILES string of the molecule is CCOC(=O)c1cc(C2CC2)nc(Cl)c1C#N. The number of halogens is 1. The minimum absolute atomic E-state index is 0.0833. The van der Waals surface area contributed by atoms with Crippen molar-refractivity contribution in [2.75, 3.05) is 6.61 Å². The van der Waals surface area contributed by atoms with Gasteiger partial charge in [-0.3, -0.25) is 0 Å². The van der Waals surface area contributed by atoms with E-state index in [1.54, 1.807) is 13.0 Å². The van der Waals surface area contributed by atoms with Crippen LogP contribution in [0.15, 0.2) is 6.07 Å². The zero-order valence-electron chi connectivity index (χ0n) is 9.36. The lowest BCUT2D eigenvalue weighted by Crippen LogP contribution is -2.09. The topological polar surface area (TPSA) is 63.0 Å². The second-order valence-electron chi connectivity index (χ2n) is 3.87. The van der Waals surface area contributed by atoms with Crippen molar-refractivity contribution < 1.29 is 9.53 Å². The van der Waals surface area contributed by atoms with Gasteiger partial charge in [-0.25, -0.2) is 9.78 Å². The van der Waals surface area contributed by atoms with E-state index in [4.69, 9.17) is 21.6 Å². The van der Waals surface area contributed by atoms with E-state index in [1.165, 1.54) is 0 Å². The van der Waals surface area contributed by atoms with Crippen LogP contribution in [0.25, 0.3) is 0 Å². The number of nitriles is 1. The number of pyridine rings is 1. The van der Waals surface area contributed by atoms with Gasteiger partial charge in [0.1, 0.15) is 16.8 Å². The molecule has 0 spiro atoms. The summed E-state index contributed by atoms with van der Waals surface area (Å²) in [5.41, 5.74) is 1.09. The number of nitrogens with zero attached hydrogens (tertiary/aromatic N) is 2. The lowest BCUT2D eigenvalue weighted by molar-refractivity contribution is 0.0525. The van der Waals surface area contributed by atoms with Crippen LogP contribution in [0.1, 0.15) is 47.3 Å². The molecule has 1 fully saturated rings. The fourth-order valence-corrected chi connectivity index (χ4v) is 1.84. The maximum Gasteiger partial charge on any atom is 0.339 e. The number of hydrogen-bond acceptors (Lipinski definition) is 4. The van der Waals surface area contributed by atoms with E-state index in [9.17, 15) is 4.79 Å². The molecule has 0 N–H and O–H groups in total. The molecule has 88 valence electrons. The summed E-state index contributed by atoms with van der Waals surface area (Å²) in [5, 5.41) is 9.06. The van der Waals surface area contributed by atoms with Crippen LogP contribution in [-0.2, 0) is 4.74 Å². The standard InChI is InChI=1S/C12H11ClN2O2/c1-2-17-12(16)8-5-10(7-3-4-7)15-11(13)9(8)6-14/h5,7H,2-4H2,1H3. The number of aromatic nitrogens is 1. The van der Waals surface area contributed by atoms with Gasteiger partial charge < -0.3 is 4.74 Å². The zero-order valence-corrected chi connectivity index (χ0v) is 10.1. The summed E-state index contributed by atoms with van der Waals surface area (Å²) in [6, 6.07) is 3.52. The third kappa shape index (κ3) is 2.40. The van der Waals surface area contributed by atoms with Gasteiger partial charge in [-0.05, 0) is 25.8 Å². The first kappa shape index (κ1) is 11.9. The largest absolute Gasteiger partial charge is 0.462 e. The number of ether oxygens (including phenoxy) is 1. The molecule has 0 aliphatic heterocycles. The number of carbonyl (C=O) groups excluding carboxylic acids is 1. The van der Waals surface area contributed by atoms with Crippen LogP contribution in [-0.4, -0.2) is 17.6 Å². The Bertz CT molecular complexity index is 504. The molecule has 1 aliphatic rings. The van der Waals surface area contributed by atoms with Gasteiger partial charge in [0, 0.05) is 11.6 Å². The summed E-state index contributed by atoms with van der Waals surface area (Å²) in [6.07, 6.45) is 2.11. The lowest BCUT2D eigenvalue weighted by Gasteiger charge is -2.07. The summed E-state index contributed by atoms with van der Waals surface area (Å²) in [6.45, 7) is 1.98. The highest BCUT2D eigenvalue weighted by Crippen LogP contribution is 2.40. The number of esters is 1. The second-order valence-corrected chi connectivity index (χ2v) is 4.23. The van der Waals surface area contributed by atoms with Gasteiger partial charge in [-0.2, -0.15) is 5.26 Å². The predicted octanol–water partition coefficient (Wildman–Crippen LogP) is 2.66. The normalized spacial score (nSPS) is 14.2. The Hall–Kier alpha value is -1.60. The van der Waals surface area contributed by atoms with Crippen molar-refractivity contribution in [2.45, 2.75) is 25.7 Å². The molecule has 4 nitrogen and oxygen atoms in total. The van der Waals surface area contributed by atoms with Crippen molar-refractivity contribution in [3.63, 3.8) is 0 Å². The minimum Gasteiger partial charge on any atom is -0.462 e. The Labute approximate surface area is 104 Å². The highest BCUT2D eigenvalue weighted by molar-refractivity contribution is 6.31. The van der Waals surface area contributed by atoms with Crippen LogP contribution in [0.3, 0.4) is 0 Å². The van der Waals surface area contributed by atoms with Crippen molar-refractivity contribution in [3.05, 3.63) is 28.0 Å². The van der Waals surface area contributed by atoms with Crippen LogP contribution in [0.5, 0.6) is 0 Å². The first-order chi connectivity index (χ1) is 8.17. The maximum atomic E-state index is 11.7. The van der Waals surface area contributed by atoms with Gasteiger partial charge in [-0.15, -0.1) is 0 Å². The van der Waals surface area contributed by atoms with Gasteiger partial charge in [0.05, 0.1) is 12.2 Å². The zero-order chi connectivity index (χ0) is 12.4. The maximum absolute atomic E-state index is 11.7. The molecule has 0 unspecified atom stereocenters. The van der Waals surface area contributed by atoms with Gasteiger partial charge in [0.15, 0.2) is 0 Å². The van der Waals surface area contributed by atoms with E-state index in [0.29, 0.717) is 5.92 Å². The first-order valence-electron chi connectivity index (χ1n) is 5.45. The van der Waals surface area contributed by atoms with Gasteiger partial charge in [0.2, 0.25) is 0 Å². The molecule has 0 saturated heterocycles. The second kappa shape index (κ2) is 4.72. The Morgan fingerprint density at radius 2 is 2.41 bits per heavy atom. The number of hydrogen-bond donors (Lipinski definition) is 0. The smallest absolute Gasteiger partial charge is 0.339 e. The molecule has 0 radical (unpaired) electrons. The van der Waals surface area contributed by atoms with Crippen molar-refractivity contribution in [1.29, 1.82) is 5.26 Å². The Morgan fingerprint density at radius 1 is 1.71 bits per heavy atom. The third-order valence-corrected chi connectivity index (χ3v) is 2.87. The van der Waals surface area contributed by atoms with Crippen LogP contribution < -0.4 is 0 Å². The van der Waals surface area contributed by atoms with E-state index in [0.717, 1.165) is 18.5 Å². The van der Waals surface area contributed by atoms with Gasteiger partial charge >= 0.3 is 5.97 Å². The highest BCUT2D eigenvalue weighted by atomic mass is 35.5. The third-order valence-electron chi connectivity index (χ3n) is 2.60. The molecule has 1 aliphatic carbocycles. The summed E-state index contributed by atoms with van der Waals surface area (Å²) < 4.78 is 4.90. The molecule has 1 heterocycles. The van der Waals surface area contributed by atoms with E-state index < -0.39 is 5.97 Å². The average Bonchev–Trinajstić information content (AvgIpc) is 3.12. The molecular weight excluding hydrogens is 240 g/mol. The van der Waals surface area contributed by atoms with Crippen LogP contribution >= 0.6 is 11.6 Å². The van der Waals surface area contributed by atoms with Crippen molar-refractivity contribution in [2.24, 2.45) is 0 Å². The fourth-order valence-electron chi connectivity index (χ4n) is 1.60. The van der Waals surface area contributed by atoms with E-state index in [1.807, 2.05) is 6.07 Å². The molecule has 0 bridgehead atoms. The summed E-state index contributed by atoms with van der Waals surface area (Å²) in [7, 11) is 0. The summed E-state index contributed by atoms with van der Waals surface area (Å²) >= 11 is 5.91. The summed E-state index contributed by atoms with van der Waals surface area (Å²) in [4.78, 5) is 15.9. The predicted molar refractivity (Wildman–Crippen MR) is 61.9 cm³/mol. The quantitative estimate of drug-likeness (QED) is 0.611. The molecule has 1 aromatic rings. The minimum atomic E-state index is -0.518. The molecular formula is C12H11ClN2O2. The van der Waals surface area contributed by atoms with Crippen LogP contribution in [0, 0.1) is 11.3 Å². The van der Waals surface area contributed by atoms with Crippen LogP contribution in [0.2, 0.25) is 5.15 Å². The van der Waals surface area contributed by atoms with Gasteiger partial charge in [-0.1, -0.05) is 11.6 Å². The molecule has 2 rings (SSSR count). The Balaban J connectivity index is 2.46. The molecule has 0 atom stereocenters. The van der Waals surface area contributed by atoms with Crippen molar-refractivity contribution in [3.8, 4) is 6.07 Å². The summed E-state index contributed by atoms with van der Waals surface area (Å²) in [5.74, 6) is -0.149. The average molecular weight is 251 g/mol. The highest BCUT2D eigenvalue weighted by Gasteiger charge is 2.28. The fraction of sp³-hybridized carbons (Fsp3) is 0.417. The Morgan fingerprint density at radius 3 is 2.94 bits per heavy atom.